The summed E-state index contributed by atoms with van der Waals surface area (Å²) in [5, 5.41) is 8.32. The van der Waals surface area contributed by atoms with E-state index in [1.807, 2.05) is 6.92 Å². The van der Waals surface area contributed by atoms with E-state index in [0.717, 1.165) is 6.42 Å². The number of hydrogen-bond acceptors (Lipinski definition) is 1. The zero-order valence-corrected chi connectivity index (χ0v) is 9.57. The predicted octanol–water partition coefficient (Wildman–Crippen LogP) is -6.90. The molecule has 12 heteroatoms. The van der Waals surface area contributed by atoms with E-state index < -0.39 is 5.56 Å². The summed E-state index contributed by atoms with van der Waals surface area (Å²) in [5.41, 5.74) is -0.630. The van der Waals surface area contributed by atoms with Crippen molar-refractivity contribution in [1.82, 2.24) is 0 Å². The van der Waals surface area contributed by atoms with E-state index in [4.69, 9.17) is 16.7 Å². The van der Waals surface area contributed by atoms with Gasteiger partial charge in [0, 0.05) is 0 Å². The molecular formula is C4H29ClO11. The number of rotatable bonds is 2. The topological polar surface area (TPSA) is 335 Å². The summed E-state index contributed by atoms with van der Waals surface area (Å²) in [6, 6.07) is 0. The first-order chi connectivity index (χ1) is 2.77. The maximum atomic E-state index is 8.32. The molecule has 0 saturated heterocycles. The quantitative estimate of drug-likeness (QED) is 0.475. The lowest BCUT2D eigenvalue weighted by atomic mass is 10.4. The van der Waals surface area contributed by atoms with Crippen LogP contribution in [0.2, 0.25) is 0 Å². The highest BCUT2D eigenvalue weighted by Crippen LogP contribution is 1.97. The molecule has 0 aliphatic carbocycles. The van der Waals surface area contributed by atoms with Gasteiger partial charge in [0.2, 0.25) is 0 Å². The Morgan fingerprint density at radius 2 is 0.938 bits per heavy atom. The zero-order valence-electron chi connectivity index (χ0n) is 8.82. The van der Waals surface area contributed by atoms with Crippen LogP contribution in [-0.2, 0) is 0 Å². The van der Waals surface area contributed by atoms with Crippen molar-refractivity contribution in [3.8, 4) is 0 Å². The third-order valence-electron chi connectivity index (χ3n) is 0.527. The van der Waals surface area contributed by atoms with Gasteiger partial charge in [0.25, 0.3) is 0 Å². The van der Waals surface area contributed by atoms with Crippen LogP contribution >= 0.6 is 11.6 Å². The SMILES string of the molecule is CCCC(O)Cl.O.O.O.O.O.O.O.O.O.O. The van der Waals surface area contributed by atoms with Crippen molar-refractivity contribution in [3.05, 3.63) is 0 Å². The van der Waals surface area contributed by atoms with E-state index >= 15 is 0 Å². The van der Waals surface area contributed by atoms with E-state index in [1.54, 1.807) is 0 Å². The van der Waals surface area contributed by atoms with Crippen molar-refractivity contribution in [1.29, 1.82) is 0 Å². The number of halogens is 1. The fourth-order valence-corrected chi connectivity index (χ4v) is 0.456. The van der Waals surface area contributed by atoms with Gasteiger partial charge in [-0.25, -0.2) is 0 Å². The Kier molecular flexibility index (Phi) is 1120. The largest absolute Gasteiger partial charge is 0.412 e. The van der Waals surface area contributed by atoms with Crippen LogP contribution in [0.25, 0.3) is 0 Å². The first-order valence-corrected chi connectivity index (χ1v) is 2.53. The van der Waals surface area contributed by atoms with Crippen LogP contribution in [0.5, 0.6) is 0 Å². The lowest BCUT2D eigenvalue weighted by Crippen LogP contribution is -1.91. The molecule has 0 radical (unpaired) electrons. The molecule has 0 spiro atoms. The predicted molar refractivity (Wildman–Crippen MR) is 62.9 cm³/mol. The smallest absolute Gasteiger partial charge is 0.128 e. The van der Waals surface area contributed by atoms with E-state index in [1.165, 1.54) is 0 Å². The van der Waals surface area contributed by atoms with Crippen LogP contribution in [0.4, 0.5) is 0 Å². The Balaban J connectivity index is -0.00000000278. The van der Waals surface area contributed by atoms with Gasteiger partial charge in [0.1, 0.15) is 5.56 Å². The average molecular weight is 289 g/mol. The lowest BCUT2D eigenvalue weighted by Gasteiger charge is -1.92. The molecule has 0 aliphatic rings. The van der Waals surface area contributed by atoms with Crippen molar-refractivity contribution in [3.63, 3.8) is 0 Å². The normalized spacial score (nSPS) is 5.44. The van der Waals surface area contributed by atoms with Crippen LogP contribution in [0.15, 0.2) is 0 Å². The van der Waals surface area contributed by atoms with Gasteiger partial charge < -0.3 is 59.9 Å². The second-order valence-electron chi connectivity index (χ2n) is 1.22. The number of aliphatic hydroxyl groups is 1. The lowest BCUT2D eigenvalue weighted by molar-refractivity contribution is 0.244. The minimum absolute atomic E-state index is 0. The second-order valence-corrected chi connectivity index (χ2v) is 1.73. The summed E-state index contributed by atoms with van der Waals surface area (Å²) in [6.45, 7) is 1.98. The highest BCUT2D eigenvalue weighted by Gasteiger charge is 1.90. The average Bonchev–Trinajstić information content (AvgIpc) is 1.35. The summed E-state index contributed by atoms with van der Waals surface area (Å²) >= 11 is 5.13. The van der Waals surface area contributed by atoms with Gasteiger partial charge in [0.05, 0.1) is 0 Å². The summed E-state index contributed by atoms with van der Waals surface area (Å²) in [7, 11) is 0. The maximum absolute atomic E-state index is 8.32. The molecule has 0 saturated carbocycles. The van der Waals surface area contributed by atoms with E-state index in [9.17, 15) is 0 Å². The van der Waals surface area contributed by atoms with Crippen LogP contribution in [0.1, 0.15) is 19.8 Å². The summed E-state index contributed by atoms with van der Waals surface area (Å²) in [6.07, 6.45) is 1.65. The van der Waals surface area contributed by atoms with Crippen molar-refractivity contribution >= 4 is 11.6 Å². The zero-order chi connectivity index (χ0) is 4.99. The monoisotopic (exact) mass is 288 g/mol. The Labute approximate surface area is 97.7 Å². The second kappa shape index (κ2) is 121. The molecule has 1 unspecified atom stereocenters. The van der Waals surface area contributed by atoms with Crippen LogP contribution < -0.4 is 0 Å². The van der Waals surface area contributed by atoms with Gasteiger partial charge in [-0.2, -0.15) is 0 Å². The van der Waals surface area contributed by atoms with Crippen molar-refractivity contribution in [2.75, 3.05) is 0 Å². The number of hydrogen-bond donors (Lipinski definition) is 1. The molecular weight excluding hydrogens is 259 g/mol. The van der Waals surface area contributed by atoms with Gasteiger partial charge in [-0.05, 0) is 6.42 Å². The Morgan fingerprint density at radius 1 is 0.750 bits per heavy atom. The van der Waals surface area contributed by atoms with Gasteiger partial charge in [0.15, 0.2) is 0 Å². The molecule has 11 nitrogen and oxygen atoms in total. The van der Waals surface area contributed by atoms with E-state index in [-0.39, 0.29) is 54.8 Å². The van der Waals surface area contributed by atoms with Crippen molar-refractivity contribution < 1.29 is 59.9 Å². The fourth-order valence-electron chi connectivity index (χ4n) is 0.238. The molecule has 16 heavy (non-hydrogen) atoms. The van der Waals surface area contributed by atoms with Crippen molar-refractivity contribution in [2.45, 2.75) is 25.3 Å². The van der Waals surface area contributed by atoms with Gasteiger partial charge in [-0.3, -0.25) is 0 Å². The minimum atomic E-state index is -0.630. The standard InChI is InChI=1S/C4H9ClO.10H2O/c1-2-3-4(5)6;;;;;;;;;;/h4,6H,2-3H2,1H3;10*1H2. The molecule has 0 aromatic rings. The van der Waals surface area contributed by atoms with Crippen LogP contribution in [-0.4, -0.2) is 65.4 Å². The highest BCUT2D eigenvalue weighted by atomic mass is 35.5. The molecule has 0 heterocycles. The molecule has 118 valence electrons. The number of aliphatic hydroxyl groups excluding tert-OH is 1. The first kappa shape index (κ1) is 149. The molecule has 21 N–H and O–H groups in total. The third-order valence-corrected chi connectivity index (χ3v) is 0.745. The molecule has 0 aromatic carbocycles. The summed E-state index contributed by atoms with van der Waals surface area (Å²) in [4.78, 5) is 0. The summed E-state index contributed by atoms with van der Waals surface area (Å²) in [5.74, 6) is 0. The van der Waals surface area contributed by atoms with Crippen LogP contribution in [0, 0.1) is 0 Å². The minimum Gasteiger partial charge on any atom is -0.412 e. The van der Waals surface area contributed by atoms with E-state index in [2.05, 4.69) is 0 Å². The highest BCUT2D eigenvalue weighted by molar-refractivity contribution is 6.19. The maximum Gasteiger partial charge on any atom is 0.128 e. The molecule has 0 rings (SSSR count). The summed E-state index contributed by atoms with van der Waals surface area (Å²) < 4.78 is 0. The Morgan fingerprint density at radius 3 is 0.938 bits per heavy atom. The molecule has 0 fully saturated rings. The fraction of sp³-hybridized carbons (Fsp3) is 1.00. The van der Waals surface area contributed by atoms with Gasteiger partial charge in [-0.15, -0.1) is 0 Å². The van der Waals surface area contributed by atoms with Crippen LogP contribution in [0.3, 0.4) is 0 Å². The Hall–Kier alpha value is -0.150. The van der Waals surface area contributed by atoms with Gasteiger partial charge in [-0.1, -0.05) is 24.9 Å². The molecule has 0 aliphatic heterocycles. The van der Waals surface area contributed by atoms with Crippen molar-refractivity contribution in [2.24, 2.45) is 0 Å². The molecule has 0 aromatic heterocycles. The molecule has 0 bridgehead atoms. The molecule has 0 amide bonds. The Bertz CT molecular complexity index is 39.2. The van der Waals surface area contributed by atoms with Gasteiger partial charge >= 0.3 is 0 Å². The molecule has 1 atom stereocenters. The number of alkyl halides is 1. The van der Waals surface area contributed by atoms with E-state index in [0.29, 0.717) is 6.42 Å². The third kappa shape index (κ3) is 282. The first-order valence-electron chi connectivity index (χ1n) is 2.09.